The molecule has 2 aromatic rings. The molecule has 1 aromatic heterocycles. The van der Waals surface area contributed by atoms with E-state index < -0.39 is 0 Å². The van der Waals surface area contributed by atoms with Crippen LogP contribution >= 0.6 is 11.3 Å². The van der Waals surface area contributed by atoms with Crippen LogP contribution in [0.5, 0.6) is 0 Å². The van der Waals surface area contributed by atoms with Crippen molar-refractivity contribution in [3.8, 4) is 0 Å². The third-order valence-corrected chi connectivity index (χ3v) is 6.04. The number of carbonyl (C=O) groups is 2. The quantitative estimate of drug-likeness (QED) is 0.731. The molecule has 1 aliphatic heterocycles. The van der Waals surface area contributed by atoms with Gasteiger partial charge in [0.05, 0.1) is 13.1 Å². The molecule has 0 atom stereocenters. The maximum absolute atomic E-state index is 12.2. The highest BCUT2D eigenvalue weighted by Crippen LogP contribution is 2.21. The number of piperazine rings is 1. The Morgan fingerprint density at radius 1 is 1.00 bits per heavy atom. The lowest BCUT2D eigenvalue weighted by Crippen LogP contribution is -2.49. The minimum absolute atomic E-state index is 0.00999. The molecule has 7 heteroatoms. The predicted octanol–water partition coefficient (Wildman–Crippen LogP) is 2.55. The first-order valence-electron chi connectivity index (χ1n) is 10.0. The number of hydrogen-bond acceptors (Lipinski definition) is 5. The summed E-state index contributed by atoms with van der Waals surface area (Å²) in [7, 11) is 0. The highest BCUT2D eigenvalue weighted by Gasteiger charge is 2.19. The summed E-state index contributed by atoms with van der Waals surface area (Å²) >= 11 is 1.78. The summed E-state index contributed by atoms with van der Waals surface area (Å²) in [4.78, 5) is 30.4. The van der Waals surface area contributed by atoms with E-state index in [9.17, 15) is 9.59 Å². The van der Waals surface area contributed by atoms with Crippen molar-refractivity contribution in [3.05, 3.63) is 51.2 Å². The normalized spacial score (nSPS) is 15.3. The van der Waals surface area contributed by atoms with Crippen molar-refractivity contribution < 1.29 is 9.59 Å². The minimum Gasteiger partial charge on any atom is -0.346 e. The van der Waals surface area contributed by atoms with Crippen molar-refractivity contribution in [1.29, 1.82) is 0 Å². The van der Waals surface area contributed by atoms with Crippen molar-refractivity contribution in [2.24, 2.45) is 0 Å². The summed E-state index contributed by atoms with van der Waals surface area (Å²) in [6.07, 6.45) is 0. The number of rotatable bonds is 7. The van der Waals surface area contributed by atoms with Gasteiger partial charge in [-0.15, -0.1) is 11.3 Å². The summed E-state index contributed by atoms with van der Waals surface area (Å²) in [5.41, 5.74) is 4.06. The second kappa shape index (κ2) is 10.0. The number of amides is 2. The van der Waals surface area contributed by atoms with Gasteiger partial charge in [0.1, 0.15) is 0 Å². The third-order valence-electron chi connectivity index (χ3n) is 5.18. The zero-order valence-electron chi connectivity index (χ0n) is 17.5. The van der Waals surface area contributed by atoms with E-state index in [0.29, 0.717) is 6.54 Å². The average molecular weight is 415 g/mol. The number of hydrogen-bond donors (Lipinski definition) is 2. The molecule has 1 fully saturated rings. The van der Waals surface area contributed by atoms with E-state index in [2.05, 4.69) is 37.9 Å². The molecule has 1 aliphatic rings. The smallest absolute Gasteiger partial charge is 0.243 e. The Bertz CT molecular complexity index is 819. The Morgan fingerprint density at radius 3 is 2.28 bits per heavy atom. The number of thiophene rings is 1. The second-order valence-corrected chi connectivity index (χ2v) is 8.76. The van der Waals surface area contributed by atoms with Gasteiger partial charge in [0, 0.05) is 43.3 Å². The molecule has 3 rings (SSSR count). The second-order valence-electron chi connectivity index (χ2n) is 7.73. The van der Waals surface area contributed by atoms with Gasteiger partial charge in [-0.1, -0.05) is 23.8 Å². The predicted molar refractivity (Wildman–Crippen MR) is 118 cm³/mol. The maximum atomic E-state index is 12.2. The third kappa shape index (κ3) is 6.39. The molecule has 156 valence electrons. The molecule has 0 aliphatic carbocycles. The van der Waals surface area contributed by atoms with Crippen LogP contribution in [0.2, 0.25) is 0 Å². The van der Waals surface area contributed by atoms with Gasteiger partial charge in [0.2, 0.25) is 11.8 Å². The van der Waals surface area contributed by atoms with Crippen LogP contribution in [0.1, 0.15) is 21.6 Å². The van der Waals surface area contributed by atoms with E-state index in [4.69, 9.17) is 0 Å². The van der Waals surface area contributed by atoms with E-state index in [-0.39, 0.29) is 18.4 Å². The van der Waals surface area contributed by atoms with Crippen LogP contribution in [0, 0.1) is 20.8 Å². The molecular weight excluding hydrogens is 384 g/mol. The maximum Gasteiger partial charge on any atom is 0.243 e. The number of aryl methyl sites for hydroxylation is 3. The first-order chi connectivity index (χ1) is 13.9. The summed E-state index contributed by atoms with van der Waals surface area (Å²) in [5.74, 6) is -0.307. The van der Waals surface area contributed by atoms with Gasteiger partial charge in [0.15, 0.2) is 0 Å². The molecule has 0 spiro atoms. The van der Waals surface area contributed by atoms with Crippen LogP contribution in [-0.4, -0.2) is 60.9 Å². The molecule has 2 heterocycles. The SMILES string of the molecule is Cc1cc(C)c(NC(=O)CNC(=O)CN2CCN(Cc3cccs3)CC2)c(C)c1. The molecule has 0 saturated carbocycles. The van der Waals surface area contributed by atoms with E-state index in [0.717, 1.165) is 49.5 Å². The summed E-state index contributed by atoms with van der Waals surface area (Å²) < 4.78 is 0. The van der Waals surface area contributed by atoms with Gasteiger partial charge in [-0.3, -0.25) is 19.4 Å². The van der Waals surface area contributed by atoms with E-state index in [1.54, 1.807) is 11.3 Å². The van der Waals surface area contributed by atoms with Gasteiger partial charge in [-0.05, 0) is 43.3 Å². The number of benzene rings is 1. The molecule has 0 unspecified atom stereocenters. The zero-order valence-corrected chi connectivity index (χ0v) is 18.3. The van der Waals surface area contributed by atoms with Crippen molar-refractivity contribution in [2.75, 3.05) is 44.6 Å². The van der Waals surface area contributed by atoms with Gasteiger partial charge in [0.25, 0.3) is 0 Å². The molecule has 0 radical (unpaired) electrons. The van der Waals surface area contributed by atoms with Gasteiger partial charge < -0.3 is 10.6 Å². The van der Waals surface area contributed by atoms with Crippen LogP contribution < -0.4 is 10.6 Å². The van der Waals surface area contributed by atoms with Crippen LogP contribution in [0.15, 0.2) is 29.6 Å². The largest absolute Gasteiger partial charge is 0.346 e. The molecule has 29 heavy (non-hydrogen) atoms. The van der Waals surface area contributed by atoms with Crippen molar-refractivity contribution in [2.45, 2.75) is 27.3 Å². The Labute approximate surface area is 176 Å². The summed E-state index contributed by atoms with van der Waals surface area (Å²) in [5, 5.41) is 7.77. The van der Waals surface area contributed by atoms with E-state index in [1.165, 1.54) is 10.4 Å². The van der Waals surface area contributed by atoms with Crippen LogP contribution in [0.4, 0.5) is 5.69 Å². The van der Waals surface area contributed by atoms with E-state index >= 15 is 0 Å². The van der Waals surface area contributed by atoms with Crippen molar-refractivity contribution in [1.82, 2.24) is 15.1 Å². The molecule has 6 nitrogen and oxygen atoms in total. The Balaban J connectivity index is 1.37. The van der Waals surface area contributed by atoms with Gasteiger partial charge >= 0.3 is 0 Å². The van der Waals surface area contributed by atoms with Crippen molar-refractivity contribution in [3.63, 3.8) is 0 Å². The molecule has 0 bridgehead atoms. The summed E-state index contributed by atoms with van der Waals surface area (Å²) in [6.45, 7) is 10.9. The van der Waals surface area contributed by atoms with Gasteiger partial charge in [-0.2, -0.15) is 0 Å². The fraction of sp³-hybridized carbons (Fsp3) is 0.455. The Hall–Kier alpha value is -2.22. The Morgan fingerprint density at radius 2 is 1.66 bits per heavy atom. The number of nitrogens with zero attached hydrogens (tertiary/aromatic N) is 2. The standard InChI is InChI=1S/C22H30N4O2S/c1-16-11-17(2)22(18(3)12-16)24-20(27)13-23-21(28)15-26-8-6-25(7-9-26)14-19-5-4-10-29-19/h4-5,10-12H,6-9,13-15H2,1-3H3,(H,23,28)(H,24,27). The lowest BCUT2D eigenvalue weighted by atomic mass is 10.1. The monoisotopic (exact) mass is 414 g/mol. The van der Waals surface area contributed by atoms with Crippen LogP contribution in [0.3, 0.4) is 0 Å². The first-order valence-corrected chi connectivity index (χ1v) is 10.9. The highest BCUT2D eigenvalue weighted by atomic mass is 32.1. The first kappa shape index (κ1) is 21.5. The average Bonchev–Trinajstić information content (AvgIpc) is 3.17. The number of anilines is 1. The molecule has 1 saturated heterocycles. The summed E-state index contributed by atoms with van der Waals surface area (Å²) in [6, 6.07) is 8.33. The fourth-order valence-corrected chi connectivity index (χ4v) is 4.47. The lowest BCUT2D eigenvalue weighted by Gasteiger charge is -2.34. The number of nitrogens with one attached hydrogen (secondary N) is 2. The minimum atomic E-state index is -0.200. The lowest BCUT2D eigenvalue weighted by molar-refractivity contribution is -0.125. The molecule has 2 amide bonds. The Kier molecular flexibility index (Phi) is 7.41. The molecule has 2 N–H and O–H groups in total. The topological polar surface area (TPSA) is 64.7 Å². The van der Waals surface area contributed by atoms with Gasteiger partial charge in [-0.25, -0.2) is 0 Å². The highest BCUT2D eigenvalue weighted by molar-refractivity contribution is 7.09. The molecular formula is C22H30N4O2S. The zero-order chi connectivity index (χ0) is 20.8. The molecule has 1 aromatic carbocycles. The van der Waals surface area contributed by atoms with Crippen molar-refractivity contribution >= 4 is 28.8 Å². The van der Waals surface area contributed by atoms with Crippen LogP contribution in [0.25, 0.3) is 0 Å². The fourth-order valence-electron chi connectivity index (χ4n) is 3.73. The van der Waals surface area contributed by atoms with Crippen LogP contribution in [-0.2, 0) is 16.1 Å². The number of carbonyl (C=O) groups excluding carboxylic acids is 2. The van der Waals surface area contributed by atoms with E-state index in [1.807, 2.05) is 32.9 Å².